The molecule has 3 aromatic rings. The molecule has 2 aromatic carbocycles. The van der Waals surface area contributed by atoms with E-state index in [1.165, 1.54) is 11.3 Å². The summed E-state index contributed by atoms with van der Waals surface area (Å²) in [6, 6.07) is 18.4. The molecular weight excluding hydrogens is 284 g/mol. The van der Waals surface area contributed by atoms with E-state index in [1.807, 2.05) is 42.5 Å². The number of hydrogen-bond donors (Lipinski definition) is 2. The predicted octanol–water partition coefficient (Wildman–Crippen LogP) is 4.49. The Hall–Kier alpha value is -2.59. The normalized spacial score (nSPS) is 10.5. The average Bonchev–Trinajstić information content (AvgIpc) is 2.98. The van der Waals surface area contributed by atoms with Gasteiger partial charge in [-0.25, -0.2) is 4.79 Å². The molecule has 0 aliphatic carbocycles. The first-order chi connectivity index (χ1) is 10.1. The van der Waals surface area contributed by atoms with Gasteiger partial charge >= 0.3 is 5.97 Å². The molecule has 4 heteroatoms. The molecule has 0 saturated heterocycles. The molecule has 0 radical (unpaired) electrons. The lowest BCUT2D eigenvalue weighted by Crippen LogP contribution is -1.89. The molecule has 1 heterocycles. The van der Waals surface area contributed by atoms with Gasteiger partial charge in [-0.2, -0.15) is 0 Å². The number of thiophene rings is 1. The van der Waals surface area contributed by atoms with Gasteiger partial charge < -0.3 is 10.2 Å². The Morgan fingerprint density at radius 1 is 0.762 bits per heavy atom. The van der Waals surface area contributed by atoms with Crippen molar-refractivity contribution < 1.29 is 15.0 Å². The minimum absolute atomic E-state index is 0.246. The molecule has 21 heavy (non-hydrogen) atoms. The first-order valence-electron chi connectivity index (χ1n) is 6.36. The van der Waals surface area contributed by atoms with Gasteiger partial charge in [0.2, 0.25) is 0 Å². The second kappa shape index (κ2) is 5.42. The standard InChI is InChI=1S/C17H12O3S/c18-14-7-5-12(6-8-14)11-1-3-13(4-2-11)15-9-10-16(21-15)17(19)20/h1-10,18H,(H,19,20). The predicted molar refractivity (Wildman–Crippen MR) is 83.8 cm³/mol. The van der Waals surface area contributed by atoms with Gasteiger partial charge in [0.05, 0.1) is 0 Å². The fourth-order valence-electron chi connectivity index (χ4n) is 2.09. The van der Waals surface area contributed by atoms with E-state index in [4.69, 9.17) is 5.11 Å². The average molecular weight is 296 g/mol. The van der Waals surface area contributed by atoms with Crippen molar-refractivity contribution in [1.29, 1.82) is 0 Å². The summed E-state index contributed by atoms with van der Waals surface area (Å²) in [5.74, 6) is -0.651. The van der Waals surface area contributed by atoms with Crippen molar-refractivity contribution >= 4 is 17.3 Å². The number of phenols is 1. The zero-order valence-corrected chi connectivity index (χ0v) is 11.8. The highest BCUT2D eigenvalue weighted by Crippen LogP contribution is 2.30. The topological polar surface area (TPSA) is 57.5 Å². The van der Waals surface area contributed by atoms with Crippen molar-refractivity contribution in [3.8, 4) is 27.3 Å². The Morgan fingerprint density at radius 2 is 1.29 bits per heavy atom. The summed E-state index contributed by atoms with van der Waals surface area (Å²) in [6.07, 6.45) is 0. The highest BCUT2D eigenvalue weighted by Gasteiger charge is 2.08. The van der Waals surface area contributed by atoms with Crippen LogP contribution in [0.15, 0.2) is 60.7 Å². The molecule has 0 atom stereocenters. The van der Waals surface area contributed by atoms with Crippen LogP contribution in [0.3, 0.4) is 0 Å². The van der Waals surface area contributed by atoms with Crippen molar-refractivity contribution in [1.82, 2.24) is 0 Å². The Bertz CT molecular complexity index is 771. The fourth-order valence-corrected chi connectivity index (χ4v) is 2.94. The van der Waals surface area contributed by atoms with E-state index in [9.17, 15) is 9.90 Å². The molecule has 104 valence electrons. The minimum atomic E-state index is -0.896. The maximum atomic E-state index is 10.9. The lowest BCUT2D eigenvalue weighted by atomic mass is 10.0. The molecule has 0 aliphatic heterocycles. The molecule has 3 rings (SSSR count). The fraction of sp³-hybridized carbons (Fsp3) is 0. The van der Waals surface area contributed by atoms with Gasteiger partial charge in [-0.05, 0) is 41.0 Å². The van der Waals surface area contributed by atoms with E-state index >= 15 is 0 Å². The Morgan fingerprint density at radius 3 is 1.81 bits per heavy atom. The molecule has 0 bridgehead atoms. The third kappa shape index (κ3) is 2.80. The van der Waals surface area contributed by atoms with E-state index in [-0.39, 0.29) is 5.75 Å². The number of rotatable bonds is 3. The summed E-state index contributed by atoms with van der Waals surface area (Å²) < 4.78 is 0. The summed E-state index contributed by atoms with van der Waals surface area (Å²) in [5.41, 5.74) is 3.07. The molecule has 0 fully saturated rings. The van der Waals surface area contributed by atoms with Crippen molar-refractivity contribution in [2.24, 2.45) is 0 Å². The van der Waals surface area contributed by atoms with Crippen molar-refractivity contribution in [2.75, 3.05) is 0 Å². The van der Waals surface area contributed by atoms with Gasteiger partial charge in [0.1, 0.15) is 10.6 Å². The van der Waals surface area contributed by atoms with Crippen LogP contribution in [-0.4, -0.2) is 16.2 Å². The number of benzene rings is 2. The number of carbonyl (C=O) groups is 1. The van der Waals surface area contributed by atoms with Crippen LogP contribution in [0.1, 0.15) is 9.67 Å². The highest BCUT2D eigenvalue weighted by molar-refractivity contribution is 7.17. The maximum Gasteiger partial charge on any atom is 0.345 e. The van der Waals surface area contributed by atoms with Gasteiger partial charge in [0.25, 0.3) is 0 Å². The third-order valence-electron chi connectivity index (χ3n) is 3.19. The highest BCUT2D eigenvalue weighted by atomic mass is 32.1. The molecule has 0 amide bonds. The van der Waals surface area contributed by atoms with E-state index in [2.05, 4.69) is 0 Å². The van der Waals surface area contributed by atoms with E-state index in [0.717, 1.165) is 21.6 Å². The molecule has 0 aliphatic rings. The van der Waals surface area contributed by atoms with E-state index in [0.29, 0.717) is 4.88 Å². The van der Waals surface area contributed by atoms with Crippen LogP contribution in [0, 0.1) is 0 Å². The lowest BCUT2D eigenvalue weighted by Gasteiger charge is -2.03. The van der Waals surface area contributed by atoms with E-state index in [1.54, 1.807) is 18.2 Å². The smallest absolute Gasteiger partial charge is 0.345 e. The van der Waals surface area contributed by atoms with Crippen LogP contribution in [0.2, 0.25) is 0 Å². The number of hydrogen-bond acceptors (Lipinski definition) is 3. The minimum Gasteiger partial charge on any atom is -0.508 e. The third-order valence-corrected chi connectivity index (χ3v) is 4.31. The summed E-state index contributed by atoms with van der Waals surface area (Å²) in [7, 11) is 0. The van der Waals surface area contributed by atoms with E-state index < -0.39 is 5.97 Å². The number of phenolic OH excluding ortho intramolecular Hbond substituents is 1. The molecular formula is C17H12O3S. The SMILES string of the molecule is O=C(O)c1ccc(-c2ccc(-c3ccc(O)cc3)cc2)s1. The van der Waals surface area contributed by atoms with Crippen molar-refractivity contribution in [3.05, 3.63) is 65.5 Å². The van der Waals surface area contributed by atoms with Crippen LogP contribution >= 0.6 is 11.3 Å². The van der Waals surface area contributed by atoms with Crippen LogP contribution in [0.4, 0.5) is 0 Å². The summed E-state index contributed by atoms with van der Waals surface area (Å²) >= 11 is 1.27. The number of carboxylic acids is 1. The zero-order valence-electron chi connectivity index (χ0n) is 11.0. The second-order valence-electron chi connectivity index (χ2n) is 4.59. The monoisotopic (exact) mass is 296 g/mol. The molecule has 3 nitrogen and oxygen atoms in total. The molecule has 2 N–H and O–H groups in total. The van der Waals surface area contributed by atoms with Gasteiger partial charge in [-0.3, -0.25) is 0 Å². The van der Waals surface area contributed by atoms with Crippen molar-refractivity contribution in [2.45, 2.75) is 0 Å². The molecule has 0 spiro atoms. The Balaban J connectivity index is 1.89. The largest absolute Gasteiger partial charge is 0.508 e. The molecule has 0 unspecified atom stereocenters. The quantitative estimate of drug-likeness (QED) is 0.749. The maximum absolute atomic E-state index is 10.9. The lowest BCUT2D eigenvalue weighted by molar-refractivity contribution is 0.0702. The number of carboxylic acid groups (broad SMARTS) is 1. The first kappa shape index (κ1) is 13.4. The van der Waals surface area contributed by atoms with Crippen LogP contribution in [0.25, 0.3) is 21.6 Å². The number of aromatic carboxylic acids is 1. The van der Waals surface area contributed by atoms with Crippen molar-refractivity contribution in [3.63, 3.8) is 0 Å². The first-order valence-corrected chi connectivity index (χ1v) is 7.18. The zero-order chi connectivity index (χ0) is 14.8. The molecule has 0 saturated carbocycles. The van der Waals surface area contributed by atoms with Gasteiger partial charge in [0.15, 0.2) is 0 Å². The van der Waals surface area contributed by atoms with Gasteiger partial charge in [-0.15, -0.1) is 11.3 Å². The van der Waals surface area contributed by atoms with Crippen LogP contribution in [-0.2, 0) is 0 Å². The van der Waals surface area contributed by atoms with Gasteiger partial charge in [0, 0.05) is 4.88 Å². The summed E-state index contributed by atoms with van der Waals surface area (Å²) in [5, 5.41) is 18.2. The Kier molecular flexibility index (Phi) is 3.46. The summed E-state index contributed by atoms with van der Waals surface area (Å²) in [4.78, 5) is 12.2. The summed E-state index contributed by atoms with van der Waals surface area (Å²) in [6.45, 7) is 0. The van der Waals surface area contributed by atoms with Gasteiger partial charge in [-0.1, -0.05) is 36.4 Å². The molecule has 1 aromatic heterocycles. The second-order valence-corrected chi connectivity index (χ2v) is 5.68. The Labute approximate surface area is 125 Å². The van der Waals surface area contributed by atoms with Crippen LogP contribution < -0.4 is 0 Å². The van der Waals surface area contributed by atoms with Crippen LogP contribution in [0.5, 0.6) is 5.75 Å². The number of aromatic hydroxyl groups is 1.